The molecule has 0 amide bonds. The van der Waals surface area contributed by atoms with Crippen LogP contribution in [0.5, 0.6) is 0 Å². The Morgan fingerprint density at radius 1 is 1.33 bits per heavy atom. The highest BCUT2D eigenvalue weighted by Gasteiger charge is 2.18. The molecule has 0 heterocycles. The molecule has 0 spiro atoms. The normalized spacial score (nSPS) is 14.5. The van der Waals surface area contributed by atoms with Crippen molar-refractivity contribution < 1.29 is 19.1 Å². The number of rotatable bonds is 7. The van der Waals surface area contributed by atoms with E-state index in [2.05, 4.69) is 4.74 Å². The summed E-state index contributed by atoms with van der Waals surface area (Å²) >= 11 is 0. The molecule has 2 atom stereocenters. The smallest absolute Gasteiger partial charge is 0.417 e. The van der Waals surface area contributed by atoms with Crippen molar-refractivity contribution in [3.05, 3.63) is 0 Å². The van der Waals surface area contributed by atoms with E-state index in [1.807, 2.05) is 27.7 Å². The van der Waals surface area contributed by atoms with E-state index in [-0.39, 0.29) is 24.4 Å². The van der Waals surface area contributed by atoms with Crippen molar-refractivity contribution in [1.82, 2.24) is 0 Å². The Hall–Kier alpha value is -1.06. The average molecular weight is 215 g/mol. The molecule has 4 heteroatoms. The maximum absolute atomic E-state index is 11.4. The summed E-state index contributed by atoms with van der Waals surface area (Å²) in [4.78, 5) is 21.4. The zero-order chi connectivity index (χ0) is 11.8. The zero-order valence-corrected chi connectivity index (χ0v) is 9.78. The van der Waals surface area contributed by atoms with Gasteiger partial charge in [0.2, 0.25) is 0 Å². The fourth-order valence-corrected chi connectivity index (χ4v) is 0.915. The summed E-state index contributed by atoms with van der Waals surface area (Å²) in [6.45, 7) is 8.97. The molecule has 0 aliphatic rings. The Labute approximate surface area is 90.9 Å². The summed E-state index contributed by atoms with van der Waals surface area (Å²) in [5, 5.41) is 0. The molecule has 0 saturated carbocycles. The summed E-state index contributed by atoms with van der Waals surface area (Å²) in [5.74, 6) is -0.0501. The van der Waals surface area contributed by atoms with Crippen LogP contribution in [-0.4, -0.2) is 24.6 Å². The maximum atomic E-state index is 11.4. The second kappa shape index (κ2) is 7.26. The number of ether oxygens (including phenoxy) is 2. The first-order valence-corrected chi connectivity index (χ1v) is 5.23. The molecule has 0 saturated heterocycles. The van der Waals surface area contributed by atoms with Crippen molar-refractivity contribution in [2.45, 2.75) is 52.7 Å². The Kier molecular flexibility index (Phi) is 6.75. The van der Waals surface area contributed by atoms with Gasteiger partial charge in [-0.2, -0.15) is 0 Å². The minimum absolute atomic E-state index is 0.100. The molecular formula is C11H19O4. The van der Waals surface area contributed by atoms with Gasteiger partial charge in [0.1, 0.15) is 12.2 Å². The molecule has 0 bridgehead atoms. The molecule has 87 valence electrons. The number of carbonyl (C=O) groups is 1. The van der Waals surface area contributed by atoms with E-state index in [1.165, 1.54) is 6.47 Å². The first-order valence-electron chi connectivity index (χ1n) is 5.23. The van der Waals surface area contributed by atoms with Crippen LogP contribution in [0.1, 0.15) is 40.5 Å². The van der Waals surface area contributed by atoms with Gasteiger partial charge in [0.25, 0.3) is 0 Å². The van der Waals surface area contributed by atoms with Gasteiger partial charge < -0.3 is 9.47 Å². The van der Waals surface area contributed by atoms with Crippen LogP contribution in [0.3, 0.4) is 0 Å². The van der Waals surface area contributed by atoms with Gasteiger partial charge >= 0.3 is 12.4 Å². The lowest BCUT2D eigenvalue weighted by atomic mass is 10.1. The van der Waals surface area contributed by atoms with Gasteiger partial charge in [0, 0.05) is 0 Å². The van der Waals surface area contributed by atoms with Crippen LogP contribution in [0.2, 0.25) is 0 Å². The molecule has 0 fully saturated rings. The second-order valence-electron chi connectivity index (χ2n) is 3.87. The van der Waals surface area contributed by atoms with E-state index in [9.17, 15) is 9.59 Å². The van der Waals surface area contributed by atoms with Crippen LogP contribution < -0.4 is 0 Å². The lowest BCUT2D eigenvalue weighted by Crippen LogP contribution is -2.24. The van der Waals surface area contributed by atoms with Gasteiger partial charge in [-0.25, -0.2) is 4.79 Å². The average Bonchev–Trinajstić information content (AvgIpc) is 2.16. The van der Waals surface area contributed by atoms with Gasteiger partial charge in [-0.1, -0.05) is 20.8 Å². The molecule has 0 aromatic carbocycles. The van der Waals surface area contributed by atoms with Gasteiger partial charge in [-0.15, -0.1) is 0 Å². The molecule has 0 aliphatic heterocycles. The van der Waals surface area contributed by atoms with E-state index in [0.717, 1.165) is 0 Å². The monoisotopic (exact) mass is 215 g/mol. The Morgan fingerprint density at radius 3 is 2.33 bits per heavy atom. The lowest BCUT2D eigenvalue weighted by molar-refractivity contribution is -0.152. The van der Waals surface area contributed by atoms with E-state index >= 15 is 0 Å². The van der Waals surface area contributed by atoms with E-state index in [0.29, 0.717) is 6.42 Å². The molecule has 4 nitrogen and oxygen atoms in total. The molecule has 0 rings (SSSR count). The quantitative estimate of drug-likeness (QED) is 0.608. The van der Waals surface area contributed by atoms with Crippen molar-refractivity contribution >= 4 is 12.4 Å². The first kappa shape index (κ1) is 13.9. The minimum atomic E-state index is -0.422. The molecule has 0 aliphatic carbocycles. The fraction of sp³-hybridized carbons (Fsp3) is 0.818. The summed E-state index contributed by atoms with van der Waals surface area (Å²) in [6.07, 6.45) is 0.146. The van der Waals surface area contributed by atoms with Gasteiger partial charge in [0.15, 0.2) is 0 Å². The molecule has 0 aromatic heterocycles. The highest BCUT2D eigenvalue weighted by Crippen LogP contribution is 2.09. The minimum Gasteiger partial charge on any atom is -0.462 e. The van der Waals surface area contributed by atoms with Gasteiger partial charge in [-0.3, -0.25) is 4.79 Å². The largest absolute Gasteiger partial charge is 0.462 e. The highest BCUT2D eigenvalue weighted by atomic mass is 16.6. The Balaban J connectivity index is 3.95. The molecule has 0 aromatic rings. The molecule has 15 heavy (non-hydrogen) atoms. The summed E-state index contributed by atoms with van der Waals surface area (Å²) < 4.78 is 9.74. The number of esters is 1. The van der Waals surface area contributed by atoms with E-state index < -0.39 is 6.10 Å². The van der Waals surface area contributed by atoms with Crippen molar-refractivity contribution in [2.75, 3.05) is 0 Å². The molecule has 0 N–H and O–H groups in total. The SMILES string of the molecule is CCC(CC(=O)OC(C)C(C)C)O[C]=O. The number of carbonyl (C=O) groups excluding carboxylic acids is 2. The van der Waals surface area contributed by atoms with Crippen molar-refractivity contribution in [3.8, 4) is 0 Å². The third kappa shape index (κ3) is 6.10. The standard InChI is InChI=1S/C11H19O4/c1-5-10(14-7-12)6-11(13)15-9(4)8(2)3/h8-10H,5-6H2,1-4H3. The summed E-state index contributed by atoms with van der Waals surface area (Å²) in [5.41, 5.74) is 0. The van der Waals surface area contributed by atoms with Gasteiger partial charge in [0.05, 0.1) is 6.42 Å². The van der Waals surface area contributed by atoms with Crippen LogP contribution in [0.15, 0.2) is 0 Å². The van der Waals surface area contributed by atoms with Crippen LogP contribution in [0, 0.1) is 5.92 Å². The predicted molar refractivity (Wildman–Crippen MR) is 55.9 cm³/mol. The maximum Gasteiger partial charge on any atom is 0.417 e. The molecule has 2 unspecified atom stereocenters. The zero-order valence-electron chi connectivity index (χ0n) is 9.78. The number of hydrogen-bond acceptors (Lipinski definition) is 4. The lowest BCUT2D eigenvalue weighted by Gasteiger charge is -2.18. The van der Waals surface area contributed by atoms with Crippen molar-refractivity contribution in [2.24, 2.45) is 5.92 Å². The Bertz CT molecular complexity index is 201. The fourth-order valence-electron chi connectivity index (χ4n) is 0.915. The summed E-state index contributed by atoms with van der Waals surface area (Å²) in [7, 11) is 0. The Morgan fingerprint density at radius 2 is 1.93 bits per heavy atom. The molecule has 1 radical (unpaired) electrons. The predicted octanol–water partition coefficient (Wildman–Crippen LogP) is 1.83. The first-order chi connectivity index (χ1) is 7.01. The van der Waals surface area contributed by atoms with Crippen molar-refractivity contribution in [3.63, 3.8) is 0 Å². The van der Waals surface area contributed by atoms with E-state index in [1.54, 1.807) is 0 Å². The third-order valence-electron chi connectivity index (χ3n) is 2.32. The highest BCUT2D eigenvalue weighted by molar-refractivity contribution is 5.70. The second-order valence-corrected chi connectivity index (χ2v) is 3.87. The van der Waals surface area contributed by atoms with Crippen LogP contribution in [0.25, 0.3) is 0 Å². The van der Waals surface area contributed by atoms with Gasteiger partial charge in [-0.05, 0) is 19.3 Å². The van der Waals surface area contributed by atoms with Crippen LogP contribution >= 0.6 is 0 Å². The third-order valence-corrected chi connectivity index (χ3v) is 2.32. The topological polar surface area (TPSA) is 52.6 Å². The van der Waals surface area contributed by atoms with Crippen LogP contribution in [-0.2, 0) is 19.1 Å². The number of hydrogen-bond donors (Lipinski definition) is 0. The van der Waals surface area contributed by atoms with E-state index in [4.69, 9.17) is 4.74 Å². The molecular weight excluding hydrogens is 196 g/mol. The van der Waals surface area contributed by atoms with Crippen molar-refractivity contribution in [1.29, 1.82) is 0 Å². The summed E-state index contributed by atoms with van der Waals surface area (Å²) in [6, 6.07) is 0. The van der Waals surface area contributed by atoms with Crippen LogP contribution in [0.4, 0.5) is 0 Å².